The Bertz CT molecular complexity index is 497. The number of hydrogen-bond donors (Lipinski definition) is 1. The molecule has 100 valence electrons. The smallest absolute Gasteiger partial charge is 0.235 e. The van der Waals surface area contributed by atoms with Crippen LogP contribution in [0.3, 0.4) is 0 Å². The minimum Gasteiger partial charge on any atom is -0.347 e. The van der Waals surface area contributed by atoms with Crippen LogP contribution in [-0.4, -0.2) is 31.3 Å². The van der Waals surface area contributed by atoms with E-state index >= 15 is 0 Å². The summed E-state index contributed by atoms with van der Waals surface area (Å²) in [7, 11) is -3.31. The van der Waals surface area contributed by atoms with Crippen LogP contribution in [0.25, 0.3) is 0 Å². The average molecular weight is 270 g/mol. The first-order chi connectivity index (χ1) is 8.29. The fourth-order valence-electron chi connectivity index (χ4n) is 1.60. The number of carbonyl (C=O) groups is 1. The Morgan fingerprint density at radius 2 is 2.06 bits per heavy atom. The van der Waals surface area contributed by atoms with Gasteiger partial charge in [-0.1, -0.05) is 19.9 Å². The summed E-state index contributed by atoms with van der Waals surface area (Å²) in [6, 6.07) is 5.16. The third-order valence-electron chi connectivity index (χ3n) is 2.38. The largest absolute Gasteiger partial charge is 0.347 e. The molecule has 1 N–H and O–H groups in total. The van der Waals surface area contributed by atoms with Gasteiger partial charge >= 0.3 is 0 Å². The number of aromatic nitrogens is 1. The Morgan fingerprint density at radius 3 is 2.50 bits per heavy atom. The molecular formula is C12H18N2O3S. The first-order valence-electron chi connectivity index (χ1n) is 5.67. The van der Waals surface area contributed by atoms with Gasteiger partial charge in [0.05, 0.1) is 11.7 Å². The maximum absolute atomic E-state index is 11.6. The molecule has 1 heterocycles. The van der Waals surface area contributed by atoms with Crippen molar-refractivity contribution in [2.75, 3.05) is 12.0 Å². The third kappa shape index (κ3) is 4.83. The molecule has 0 aliphatic carbocycles. The van der Waals surface area contributed by atoms with E-state index in [0.29, 0.717) is 0 Å². The molecule has 1 atom stereocenters. The predicted octanol–water partition coefficient (Wildman–Crippen LogP) is 0.939. The van der Waals surface area contributed by atoms with Crippen LogP contribution in [-0.2, 0) is 14.6 Å². The number of amides is 1. The molecule has 0 bridgehead atoms. The van der Waals surface area contributed by atoms with Crippen molar-refractivity contribution in [3.8, 4) is 0 Å². The number of hydrogen-bond acceptors (Lipinski definition) is 4. The van der Waals surface area contributed by atoms with E-state index in [1.54, 1.807) is 12.3 Å². The van der Waals surface area contributed by atoms with E-state index in [9.17, 15) is 13.2 Å². The van der Waals surface area contributed by atoms with Crippen LogP contribution in [0.1, 0.15) is 25.6 Å². The number of sulfone groups is 1. The summed E-state index contributed by atoms with van der Waals surface area (Å²) in [5, 5.41) is 2.71. The van der Waals surface area contributed by atoms with Crippen molar-refractivity contribution < 1.29 is 13.2 Å². The zero-order valence-corrected chi connectivity index (χ0v) is 11.6. The van der Waals surface area contributed by atoms with Gasteiger partial charge in [-0.15, -0.1) is 0 Å². The molecule has 0 radical (unpaired) electrons. The number of rotatable bonds is 5. The SMILES string of the molecule is CC(C)[C@H](NC(=O)CS(C)(=O)=O)c1ccccn1. The molecule has 0 saturated heterocycles. The van der Waals surface area contributed by atoms with Crippen molar-refractivity contribution >= 4 is 15.7 Å². The fraction of sp³-hybridized carbons (Fsp3) is 0.500. The van der Waals surface area contributed by atoms with Gasteiger partial charge in [0.15, 0.2) is 9.84 Å². The second kappa shape index (κ2) is 5.95. The summed E-state index contributed by atoms with van der Waals surface area (Å²) in [6.07, 6.45) is 2.69. The summed E-state index contributed by atoms with van der Waals surface area (Å²) in [6.45, 7) is 3.89. The second-order valence-corrected chi connectivity index (χ2v) is 6.75. The maximum atomic E-state index is 11.6. The van der Waals surface area contributed by atoms with Gasteiger partial charge in [-0.3, -0.25) is 9.78 Å². The molecular weight excluding hydrogens is 252 g/mol. The minimum absolute atomic E-state index is 0.128. The normalized spacial score (nSPS) is 13.3. The van der Waals surface area contributed by atoms with E-state index in [1.807, 2.05) is 26.0 Å². The quantitative estimate of drug-likeness (QED) is 0.864. The van der Waals surface area contributed by atoms with E-state index in [0.717, 1.165) is 11.9 Å². The number of pyridine rings is 1. The summed E-state index contributed by atoms with van der Waals surface area (Å²) in [5.41, 5.74) is 0.731. The standard InChI is InChI=1S/C12H18N2O3S/c1-9(2)12(10-6-4-5-7-13-10)14-11(15)8-18(3,16)17/h4-7,9,12H,8H2,1-3H3,(H,14,15)/t12-/m0/s1. The predicted molar refractivity (Wildman–Crippen MR) is 69.7 cm³/mol. The van der Waals surface area contributed by atoms with Crippen molar-refractivity contribution in [1.29, 1.82) is 0 Å². The molecule has 5 nitrogen and oxygen atoms in total. The summed E-state index contributed by atoms with van der Waals surface area (Å²) in [5.74, 6) is -0.867. The number of nitrogens with zero attached hydrogens (tertiary/aromatic N) is 1. The summed E-state index contributed by atoms with van der Waals surface area (Å²) in [4.78, 5) is 15.8. The van der Waals surface area contributed by atoms with Crippen LogP contribution in [0.2, 0.25) is 0 Å². The lowest BCUT2D eigenvalue weighted by molar-refractivity contribution is -0.119. The summed E-state index contributed by atoms with van der Waals surface area (Å²) < 4.78 is 22.1. The Kier molecular flexibility index (Phi) is 4.84. The Balaban J connectivity index is 2.80. The summed E-state index contributed by atoms with van der Waals surface area (Å²) >= 11 is 0. The third-order valence-corrected chi connectivity index (χ3v) is 3.17. The van der Waals surface area contributed by atoms with Gasteiger partial charge in [0.2, 0.25) is 5.91 Å². The number of nitrogens with one attached hydrogen (secondary N) is 1. The second-order valence-electron chi connectivity index (χ2n) is 4.61. The van der Waals surface area contributed by atoms with Crippen LogP contribution in [0.15, 0.2) is 24.4 Å². The Morgan fingerprint density at radius 1 is 1.39 bits per heavy atom. The van der Waals surface area contributed by atoms with Gasteiger partial charge in [-0.05, 0) is 18.1 Å². The average Bonchev–Trinajstić information content (AvgIpc) is 2.24. The lowest BCUT2D eigenvalue weighted by Crippen LogP contribution is -2.36. The van der Waals surface area contributed by atoms with Gasteiger partial charge in [-0.25, -0.2) is 8.42 Å². The number of carbonyl (C=O) groups excluding carboxylic acids is 1. The highest BCUT2D eigenvalue weighted by atomic mass is 32.2. The van der Waals surface area contributed by atoms with Gasteiger partial charge in [0.1, 0.15) is 5.75 Å². The molecule has 0 saturated carbocycles. The fourth-order valence-corrected chi connectivity index (χ4v) is 2.15. The van der Waals surface area contributed by atoms with Crippen molar-refractivity contribution in [3.05, 3.63) is 30.1 Å². The topological polar surface area (TPSA) is 76.1 Å². The first kappa shape index (κ1) is 14.6. The van der Waals surface area contributed by atoms with Gasteiger partial charge in [-0.2, -0.15) is 0 Å². The molecule has 1 rings (SSSR count). The minimum atomic E-state index is -3.31. The van der Waals surface area contributed by atoms with E-state index in [4.69, 9.17) is 0 Å². The van der Waals surface area contributed by atoms with Gasteiger partial charge in [0, 0.05) is 12.5 Å². The molecule has 1 aromatic heterocycles. The maximum Gasteiger partial charge on any atom is 0.235 e. The zero-order chi connectivity index (χ0) is 13.8. The molecule has 18 heavy (non-hydrogen) atoms. The Hall–Kier alpha value is -1.43. The van der Waals surface area contributed by atoms with Crippen LogP contribution in [0.5, 0.6) is 0 Å². The molecule has 0 spiro atoms. The van der Waals surface area contributed by atoms with Gasteiger partial charge in [0.25, 0.3) is 0 Å². The molecule has 0 aliphatic heterocycles. The molecule has 0 fully saturated rings. The van der Waals surface area contributed by atoms with E-state index in [2.05, 4.69) is 10.3 Å². The molecule has 0 aliphatic rings. The van der Waals surface area contributed by atoms with Crippen molar-refractivity contribution in [2.45, 2.75) is 19.9 Å². The molecule has 1 amide bonds. The molecule has 0 aromatic carbocycles. The van der Waals surface area contributed by atoms with Crippen molar-refractivity contribution in [3.63, 3.8) is 0 Å². The molecule has 6 heteroatoms. The zero-order valence-electron chi connectivity index (χ0n) is 10.8. The lowest BCUT2D eigenvalue weighted by atomic mass is 10.0. The van der Waals surface area contributed by atoms with Crippen LogP contribution in [0.4, 0.5) is 0 Å². The molecule has 0 unspecified atom stereocenters. The van der Waals surface area contributed by atoms with Crippen molar-refractivity contribution in [1.82, 2.24) is 10.3 Å². The molecule has 1 aromatic rings. The van der Waals surface area contributed by atoms with Crippen LogP contribution in [0, 0.1) is 5.92 Å². The van der Waals surface area contributed by atoms with E-state index < -0.39 is 21.5 Å². The highest BCUT2D eigenvalue weighted by Gasteiger charge is 2.21. The highest BCUT2D eigenvalue weighted by Crippen LogP contribution is 2.19. The van der Waals surface area contributed by atoms with Crippen LogP contribution >= 0.6 is 0 Å². The van der Waals surface area contributed by atoms with Gasteiger partial charge < -0.3 is 5.32 Å². The first-order valence-corrected chi connectivity index (χ1v) is 7.73. The Labute approximate surface area is 108 Å². The van der Waals surface area contributed by atoms with Crippen LogP contribution < -0.4 is 5.32 Å². The monoisotopic (exact) mass is 270 g/mol. The lowest BCUT2D eigenvalue weighted by Gasteiger charge is -2.21. The van der Waals surface area contributed by atoms with E-state index in [-0.39, 0.29) is 12.0 Å². The van der Waals surface area contributed by atoms with E-state index in [1.165, 1.54) is 0 Å². The van der Waals surface area contributed by atoms with Crippen molar-refractivity contribution in [2.24, 2.45) is 5.92 Å². The highest BCUT2D eigenvalue weighted by molar-refractivity contribution is 7.91.